The van der Waals surface area contributed by atoms with Gasteiger partial charge in [-0.3, -0.25) is 14.5 Å². The molecule has 24 heavy (non-hydrogen) atoms. The Labute approximate surface area is 147 Å². The summed E-state index contributed by atoms with van der Waals surface area (Å²) in [5.74, 6) is 0.141. The minimum Gasteiger partial charge on any atom is -0.369 e. The van der Waals surface area contributed by atoms with Crippen molar-refractivity contribution in [3.63, 3.8) is 0 Å². The fourth-order valence-electron chi connectivity index (χ4n) is 3.21. The molecule has 0 spiro atoms. The molecule has 0 saturated heterocycles. The van der Waals surface area contributed by atoms with Crippen LogP contribution in [0.15, 0.2) is 24.3 Å². The van der Waals surface area contributed by atoms with Crippen LogP contribution in [-0.4, -0.2) is 39.8 Å². The number of hydrogen-bond acceptors (Lipinski definition) is 5. The van der Waals surface area contributed by atoms with E-state index >= 15 is 0 Å². The Morgan fingerprint density at radius 3 is 2.46 bits per heavy atom. The van der Waals surface area contributed by atoms with Crippen LogP contribution in [0.5, 0.6) is 0 Å². The van der Waals surface area contributed by atoms with Gasteiger partial charge in [0, 0.05) is 24.6 Å². The first-order chi connectivity index (χ1) is 11.6. The second-order valence-corrected chi connectivity index (χ2v) is 6.42. The van der Waals surface area contributed by atoms with Gasteiger partial charge in [0.15, 0.2) is 0 Å². The van der Waals surface area contributed by atoms with Gasteiger partial charge < -0.3 is 5.32 Å². The summed E-state index contributed by atoms with van der Waals surface area (Å²) >= 11 is 12.0. The van der Waals surface area contributed by atoms with Crippen LogP contribution in [0.4, 0.5) is 5.82 Å². The van der Waals surface area contributed by atoms with Crippen LogP contribution in [0.1, 0.15) is 38.6 Å². The molecule has 6 nitrogen and oxygen atoms in total. The zero-order valence-corrected chi connectivity index (χ0v) is 13.9. The molecule has 2 aromatic rings. The van der Waals surface area contributed by atoms with Crippen molar-refractivity contribution in [1.29, 1.82) is 0 Å². The third-order valence-corrected chi connectivity index (χ3v) is 4.83. The molecule has 4 rings (SSSR count). The Bertz CT molecular complexity index is 836. The average molecular weight is 363 g/mol. The smallest absolute Gasteiger partial charge is 0.261 e. The lowest BCUT2D eigenvalue weighted by Crippen LogP contribution is -2.31. The summed E-state index contributed by atoms with van der Waals surface area (Å²) in [6, 6.07) is 6.86. The standard InChI is InChI=1S/C16H12Cl2N4O2/c17-12-11-8(7-19-13(11)21-16(18)20-12)5-6-22-14(23)9-3-1-2-4-10(9)15(22)24/h1-4,8H,5-7H2,(H,19,20,21). The number of nitrogens with one attached hydrogen (secondary N) is 1. The molecule has 8 heteroatoms. The Morgan fingerprint density at radius 1 is 1.12 bits per heavy atom. The van der Waals surface area contributed by atoms with Gasteiger partial charge in [-0.1, -0.05) is 23.7 Å². The number of nitrogens with zero attached hydrogens (tertiary/aromatic N) is 3. The molecule has 1 aromatic heterocycles. The number of aromatic nitrogens is 2. The lowest BCUT2D eigenvalue weighted by Gasteiger charge is -2.17. The van der Waals surface area contributed by atoms with Crippen molar-refractivity contribution < 1.29 is 9.59 Å². The van der Waals surface area contributed by atoms with Gasteiger partial charge in [-0.2, -0.15) is 0 Å². The first-order valence-corrected chi connectivity index (χ1v) is 8.24. The second-order valence-electron chi connectivity index (χ2n) is 5.72. The van der Waals surface area contributed by atoms with Gasteiger partial charge >= 0.3 is 0 Å². The maximum absolute atomic E-state index is 12.4. The summed E-state index contributed by atoms with van der Waals surface area (Å²) < 4.78 is 0. The van der Waals surface area contributed by atoms with E-state index in [0.29, 0.717) is 41.6 Å². The minimum absolute atomic E-state index is 0.0223. The van der Waals surface area contributed by atoms with Crippen LogP contribution in [0, 0.1) is 0 Å². The molecule has 0 bridgehead atoms. The lowest BCUT2D eigenvalue weighted by atomic mass is 10.0. The highest BCUT2D eigenvalue weighted by atomic mass is 35.5. The van der Waals surface area contributed by atoms with Gasteiger partial charge in [0.2, 0.25) is 5.28 Å². The average Bonchev–Trinajstić information content (AvgIpc) is 3.07. The number of anilines is 1. The minimum atomic E-state index is -0.250. The number of amides is 2. The third-order valence-electron chi connectivity index (χ3n) is 4.38. The fourth-order valence-corrected chi connectivity index (χ4v) is 3.74. The first kappa shape index (κ1) is 15.4. The summed E-state index contributed by atoms with van der Waals surface area (Å²) in [5, 5.41) is 3.54. The summed E-state index contributed by atoms with van der Waals surface area (Å²) in [4.78, 5) is 34.2. The molecule has 2 amide bonds. The summed E-state index contributed by atoms with van der Waals surface area (Å²) in [6.07, 6.45) is 0.580. The number of hydrogen-bond donors (Lipinski definition) is 1. The first-order valence-electron chi connectivity index (χ1n) is 7.48. The molecule has 1 atom stereocenters. The van der Waals surface area contributed by atoms with Crippen molar-refractivity contribution in [2.45, 2.75) is 12.3 Å². The molecule has 1 N–H and O–H groups in total. The molecule has 1 aromatic carbocycles. The van der Waals surface area contributed by atoms with E-state index < -0.39 is 0 Å². The van der Waals surface area contributed by atoms with Crippen molar-refractivity contribution in [2.75, 3.05) is 18.4 Å². The van der Waals surface area contributed by atoms with E-state index in [1.54, 1.807) is 24.3 Å². The molecule has 0 fully saturated rings. The van der Waals surface area contributed by atoms with Gasteiger partial charge in [0.05, 0.1) is 11.1 Å². The van der Waals surface area contributed by atoms with Crippen molar-refractivity contribution in [2.24, 2.45) is 0 Å². The highest BCUT2D eigenvalue weighted by Crippen LogP contribution is 2.37. The van der Waals surface area contributed by atoms with Crippen LogP contribution in [0.3, 0.4) is 0 Å². The Hall–Kier alpha value is -2.18. The van der Waals surface area contributed by atoms with Crippen molar-refractivity contribution in [1.82, 2.24) is 14.9 Å². The van der Waals surface area contributed by atoms with Gasteiger partial charge in [0.25, 0.3) is 11.8 Å². The van der Waals surface area contributed by atoms with Gasteiger partial charge in [0.1, 0.15) is 11.0 Å². The number of carbonyl (C=O) groups is 2. The molecule has 0 saturated carbocycles. The van der Waals surface area contributed by atoms with E-state index in [2.05, 4.69) is 15.3 Å². The molecule has 3 heterocycles. The highest BCUT2D eigenvalue weighted by Gasteiger charge is 2.36. The van der Waals surface area contributed by atoms with E-state index in [0.717, 1.165) is 5.56 Å². The van der Waals surface area contributed by atoms with Gasteiger partial charge in [-0.25, -0.2) is 9.97 Å². The number of carbonyl (C=O) groups excluding carboxylic acids is 2. The van der Waals surface area contributed by atoms with Crippen LogP contribution >= 0.6 is 23.2 Å². The largest absolute Gasteiger partial charge is 0.369 e. The van der Waals surface area contributed by atoms with Crippen molar-refractivity contribution in [3.05, 3.63) is 51.4 Å². The maximum Gasteiger partial charge on any atom is 0.261 e. The molecule has 2 aliphatic heterocycles. The lowest BCUT2D eigenvalue weighted by molar-refractivity contribution is 0.0650. The predicted molar refractivity (Wildman–Crippen MR) is 89.7 cm³/mol. The molecule has 0 aliphatic carbocycles. The number of benzene rings is 1. The molecule has 0 radical (unpaired) electrons. The molecule has 1 unspecified atom stereocenters. The number of rotatable bonds is 3. The SMILES string of the molecule is O=C1c2ccccc2C(=O)N1CCC1CNc2nc(Cl)nc(Cl)c21. The van der Waals surface area contributed by atoms with E-state index in [4.69, 9.17) is 23.2 Å². The predicted octanol–water partition coefficient (Wildman–Crippen LogP) is 2.98. The van der Waals surface area contributed by atoms with E-state index in [1.807, 2.05) is 0 Å². The Kier molecular flexibility index (Phi) is 3.66. The summed E-state index contributed by atoms with van der Waals surface area (Å²) in [6.45, 7) is 0.935. The van der Waals surface area contributed by atoms with E-state index in [-0.39, 0.29) is 23.0 Å². The van der Waals surface area contributed by atoms with Crippen LogP contribution in [-0.2, 0) is 0 Å². The fraction of sp³-hybridized carbons (Fsp3) is 0.250. The normalized spacial score (nSPS) is 18.6. The maximum atomic E-state index is 12.4. The number of imide groups is 1. The molecular formula is C16H12Cl2N4O2. The van der Waals surface area contributed by atoms with E-state index in [9.17, 15) is 9.59 Å². The summed E-state index contributed by atoms with van der Waals surface area (Å²) in [5.41, 5.74) is 1.71. The van der Waals surface area contributed by atoms with Crippen molar-refractivity contribution >= 4 is 40.8 Å². The zero-order valence-electron chi connectivity index (χ0n) is 12.4. The van der Waals surface area contributed by atoms with E-state index in [1.165, 1.54) is 4.90 Å². The molecule has 122 valence electrons. The quantitative estimate of drug-likeness (QED) is 0.516. The topological polar surface area (TPSA) is 75.2 Å². The zero-order chi connectivity index (χ0) is 16.8. The monoisotopic (exact) mass is 362 g/mol. The third kappa shape index (κ3) is 2.34. The summed E-state index contributed by atoms with van der Waals surface area (Å²) in [7, 11) is 0. The van der Waals surface area contributed by atoms with Crippen LogP contribution in [0.2, 0.25) is 10.4 Å². The second kappa shape index (κ2) is 5.72. The van der Waals surface area contributed by atoms with Gasteiger partial charge in [-0.15, -0.1) is 0 Å². The number of halogens is 2. The van der Waals surface area contributed by atoms with Gasteiger partial charge in [-0.05, 0) is 30.2 Å². The Morgan fingerprint density at radius 2 is 1.79 bits per heavy atom. The van der Waals surface area contributed by atoms with Crippen molar-refractivity contribution in [3.8, 4) is 0 Å². The van der Waals surface area contributed by atoms with Crippen LogP contribution < -0.4 is 5.32 Å². The molecule has 2 aliphatic rings. The Balaban J connectivity index is 1.52. The molecular weight excluding hydrogens is 351 g/mol. The highest BCUT2D eigenvalue weighted by molar-refractivity contribution is 6.32. The number of fused-ring (bicyclic) bond motifs is 2. The van der Waals surface area contributed by atoms with Crippen LogP contribution in [0.25, 0.3) is 0 Å².